The molecule has 0 saturated heterocycles. The second-order valence-corrected chi connectivity index (χ2v) is 2.03. The highest BCUT2D eigenvalue weighted by Crippen LogP contribution is 2.07. The molecule has 1 nitrogen and oxygen atoms in total. The van der Waals surface area contributed by atoms with Crippen LogP contribution in [0.5, 0.6) is 0 Å². The molecule has 0 aliphatic heterocycles. The average Bonchev–Trinajstić information content (AvgIpc) is 1.90. The Morgan fingerprint density at radius 1 is 1.33 bits per heavy atom. The van der Waals surface area contributed by atoms with E-state index in [1.54, 1.807) is 13.2 Å². The van der Waals surface area contributed by atoms with Gasteiger partial charge in [0.05, 0.1) is 6.10 Å². The summed E-state index contributed by atoms with van der Waals surface area (Å²) in [6.07, 6.45) is 3.75. The average molecular weight is 126 g/mol. The van der Waals surface area contributed by atoms with Gasteiger partial charge in [-0.2, -0.15) is 0 Å². The van der Waals surface area contributed by atoms with Gasteiger partial charge in [0.25, 0.3) is 0 Å². The van der Waals surface area contributed by atoms with Crippen LogP contribution in [0.2, 0.25) is 0 Å². The van der Waals surface area contributed by atoms with E-state index in [0.29, 0.717) is 5.92 Å². The van der Waals surface area contributed by atoms with Crippen LogP contribution < -0.4 is 0 Å². The number of rotatable bonds is 4. The molecule has 0 N–H and O–H groups in total. The normalized spacial score (nSPS) is 16.2. The smallest absolute Gasteiger partial charge is 0.0809 e. The van der Waals surface area contributed by atoms with E-state index in [0.717, 1.165) is 0 Å². The van der Waals surface area contributed by atoms with Crippen molar-refractivity contribution in [1.29, 1.82) is 0 Å². The summed E-state index contributed by atoms with van der Waals surface area (Å²) in [6, 6.07) is 0. The lowest BCUT2D eigenvalue weighted by molar-refractivity contribution is 0.113. The summed E-state index contributed by atoms with van der Waals surface area (Å²) >= 11 is 0. The molecule has 0 aromatic rings. The van der Waals surface area contributed by atoms with E-state index in [1.165, 1.54) is 0 Å². The number of ether oxygens (including phenoxy) is 1. The van der Waals surface area contributed by atoms with Crippen LogP contribution in [-0.2, 0) is 4.74 Å². The van der Waals surface area contributed by atoms with Gasteiger partial charge in [0.1, 0.15) is 0 Å². The summed E-state index contributed by atoms with van der Waals surface area (Å²) in [5.74, 6) is 0.354. The second kappa shape index (κ2) is 4.33. The molecule has 0 bridgehead atoms. The maximum Gasteiger partial charge on any atom is 0.0809 e. The molecule has 2 atom stereocenters. The van der Waals surface area contributed by atoms with Gasteiger partial charge in [-0.05, 0) is 0 Å². The molecular weight excluding hydrogens is 112 g/mol. The van der Waals surface area contributed by atoms with Gasteiger partial charge in [0.15, 0.2) is 0 Å². The Hall–Kier alpha value is -0.560. The minimum absolute atomic E-state index is 0.113. The first kappa shape index (κ1) is 8.44. The highest BCUT2D eigenvalue weighted by atomic mass is 16.5. The van der Waals surface area contributed by atoms with E-state index < -0.39 is 0 Å². The van der Waals surface area contributed by atoms with Crippen LogP contribution in [0.15, 0.2) is 25.3 Å². The summed E-state index contributed by atoms with van der Waals surface area (Å²) in [7, 11) is 1.67. The van der Waals surface area contributed by atoms with Crippen molar-refractivity contribution in [2.75, 3.05) is 7.11 Å². The lowest BCUT2D eigenvalue weighted by atomic mass is 10.1. The zero-order valence-electron chi connectivity index (χ0n) is 6.13. The number of hydrogen-bond donors (Lipinski definition) is 0. The van der Waals surface area contributed by atoms with E-state index in [-0.39, 0.29) is 6.10 Å². The minimum atomic E-state index is 0.113. The fourth-order valence-corrected chi connectivity index (χ4v) is 0.660. The molecule has 0 aromatic heterocycles. The molecule has 0 spiro atoms. The Morgan fingerprint density at radius 3 is 2.00 bits per heavy atom. The fraction of sp³-hybridized carbons (Fsp3) is 0.500. The van der Waals surface area contributed by atoms with Crippen LogP contribution in [0.25, 0.3) is 0 Å². The molecule has 0 heterocycles. The largest absolute Gasteiger partial charge is 0.377 e. The molecule has 52 valence electrons. The number of methoxy groups -OCH3 is 1. The lowest BCUT2D eigenvalue weighted by Crippen LogP contribution is -2.14. The van der Waals surface area contributed by atoms with Crippen molar-refractivity contribution >= 4 is 0 Å². The van der Waals surface area contributed by atoms with E-state index >= 15 is 0 Å². The maximum atomic E-state index is 5.06. The van der Waals surface area contributed by atoms with Crippen molar-refractivity contribution < 1.29 is 4.74 Å². The van der Waals surface area contributed by atoms with Crippen molar-refractivity contribution in [3.05, 3.63) is 25.3 Å². The summed E-state index contributed by atoms with van der Waals surface area (Å²) in [5, 5.41) is 0. The summed E-state index contributed by atoms with van der Waals surface area (Å²) in [5.41, 5.74) is 0. The van der Waals surface area contributed by atoms with Crippen LogP contribution in [0, 0.1) is 5.92 Å². The van der Waals surface area contributed by atoms with E-state index in [4.69, 9.17) is 4.74 Å². The van der Waals surface area contributed by atoms with Crippen LogP contribution in [0.4, 0.5) is 0 Å². The number of hydrogen-bond acceptors (Lipinski definition) is 1. The monoisotopic (exact) mass is 126 g/mol. The van der Waals surface area contributed by atoms with Gasteiger partial charge in [-0.3, -0.25) is 0 Å². The molecule has 1 heteroatoms. The molecule has 0 aliphatic carbocycles. The van der Waals surface area contributed by atoms with Crippen molar-refractivity contribution in [3.8, 4) is 0 Å². The maximum absolute atomic E-state index is 5.06. The Labute approximate surface area is 57.0 Å². The van der Waals surface area contributed by atoms with Crippen molar-refractivity contribution in [1.82, 2.24) is 0 Å². The zero-order valence-corrected chi connectivity index (χ0v) is 6.13. The van der Waals surface area contributed by atoms with Crippen molar-refractivity contribution in [2.24, 2.45) is 5.92 Å². The summed E-state index contributed by atoms with van der Waals surface area (Å²) < 4.78 is 5.06. The first-order valence-corrected chi connectivity index (χ1v) is 3.04. The standard InChI is InChI=1S/C8H14O/c1-5-7(3)8(6-2)9-4/h5-8H,1-2H2,3-4H3. The molecule has 0 fully saturated rings. The van der Waals surface area contributed by atoms with Crippen LogP contribution >= 0.6 is 0 Å². The zero-order chi connectivity index (χ0) is 7.28. The summed E-state index contributed by atoms with van der Waals surface area (Å²) in [6.45, 7) is 9.32. The Balaban J connectivity index is 3.77. The van der Waals surface area contributed by atoms with Gasteiger partial charge in [-0.1, -0.05) is 19.1 Å². The van der Waals surface area contributed by atoms with Crippen LogP contribution in [-0.4, -0.2) is 13.2 Å². The van der Waals surface area contributed by atoms with Gasteiger partial charge in [-0.25, -0.2) is 0 Å². The topological polar surface area (TPSA) is 9.23 Å². The molecule has 0 radical (unpaired) electrons. The van der Waals surface area contributed by atoms with Crippen molar-refractivity contribution in [3.63, 3.8) is 0 Å². The molecule has 0 saturated carbocycles. The van der Waals surface area contributed by atoms with Gasteiger partial charge in [0, 0.05) is 13.0 Å². The molecule has 0 amide bonds. The Bertz CT molecular complexity index is 96.7. The highest BCUT2D eigenvalue weighted by molar-refractivity contribution is 4.91. The second-order valence-electron chi connectivity index (χ2n) is 2.03. The van der Waals surface area contributed by atoms with Gasteiger partial charge >= 0.3 is 0 Å². The van der Waals surface area contributed by atoms with E-state index in [1.807, 2.05) is 13.0 Å². The molecular formula is C8H14O. The van der Waals surface area contributed by atoms with Gasteiger partial charge < -0.3 is 4.74 Å². The Morgan fingerprint density at radius 2 is 1.89 bits per heavy atom. The van der Waals surface area contributed by atoms with E-state index in [2.05, 4.69) is 13.2 Å². The Kier molecular flexibility index (Phi) is 4.06. The predicted octanol–water partition coefficient (Wildman–Crippen LogP) is 2.01. The molecule has 0 aromatic carbocycles. The third kappa shape index (κ3) is 2.47. The van der Waals surface area contributed by atoms with Gasteiger partial charge in [-0.15, -0.1) is 13.2 Å². The predicted molar refractivity (Wildman–Crippen MR) is 40.4 cm³/mol. The molecule has 2 unspecified atom stereocenters. The summed E-state index contributed by atoms with van der Waals surface area (Å²) in [4.78, 5) is 0. The molecule has 0 aliphatic rings. The van der Waals surface area contributed by atoms with Crippen molar-refractivity contribution in [2.45, 2.75) is 13.0 Å². The SMILES string of the molecule is C=CC(C)C(C=C)OC. The minimum Gasteiger partial charge on any atom is -0.377 e. The van der Waals surface area contributed by atoms with Crippen LogP contribution in [0.1, 0.15) is 6.92 Å². The first-order valence-electron chi connectivity index (χ1n) is 3.04. The highest BCUT2D eigenvalue weighted by Gasteiger charge is 2.07. The van der Waals surface area contributed by atoms with Crippen LogP contribution in [0.3, 0.4) is 0 Å². The first-order chi connectivity index (χ1) is 4.26. The van der Waals surface area contributed by atoms with Gasteiger partial charge in [0.2, 0.25) is 0 Å². The lowest BCUT2D eigenvalue weighted by Gasteiger charge is -2.14. The van der Waals surface area contributed by atoms with E-state index in [9.17, 15) is 0 Å². The molecule has 0 rings (SSSR count). The third-order valence-corrected chi connectivity index (χ3v) is 1.39. The quantitative estimate of drug-likeness (QED) is 0.523. The molecule has 9 heavy (non-hydrogen) atoms. The fourth-order valence-electron chi connectivity index (χ4n) is 0.660. The third-order valence-electron chi connectivity index (χ3n) is 1.39.